The summed E-state index contributed by atoms with van der Waals surface area (Å²) in [4.78, 5) is 30.1. The lowest BCUT2D eigenvalue weighted by Gasteiger charge is -2.22. The lowest BCUT2D eigenvalue weighted by molar-refractivity contribution is -0.150. The Morgan fingerprint density at radius 1 is 1.17 bits per heavy atom. The number of hydrogen-bond acceptors (Lipinski definition) is 7. The summed E-state index contributed by atoms with van der Waals surface area (Å²) in [5.74, 6) is 1.32. The van der Waals surface area contributed by atoms with Gasteiger partial charge in [0.1, 0.15) is 5.82 Å². The van der Waals surface area contributed by atoms with E-state index in [1.54, 1.807) is 44.3 Å². The Morgan fingerprint density at radius 3 is 2.69 bits per heavy atom. The van der Waals surface area contributed by atoms with Crippen LogP contribution in [-0.2, 0) is 9.53 Å². The summed E-state index contributed by atoms with van der Waals surface area (Å²) in [6, 6.07) is 12.6. The third-order valence-electron chi connectivity index (χ3n) is 6.18. The van der Waals surface area contributed by atoms with Gasteiger partial charge in [-0.05, 0) is 62.6 Å². The maximum absolute atomic E-state index is 13.3. The van der Waals surface area contributed by atoms with Gasteiger partial charge in [-0.25, -0.2) is 9.78 Å². The number of ether oxygens (including phenoxy) is 3. The molecule has 0 bridgehead atoms. The molecule has 1 aliphatic rings. The molecule has 184 valence electrons. The highest BCUT2D eigenvalue weighted by atomic mass is 16.6. The molecule has 0 spiro atoms. The molecule has 35 heavy (non-hydrogen) atoms. The second kappa shape index (κ2) is 11.2. The molecule has 8 nitrogen and oxygen atoms in total. The molecule has 1 atom stereocenters. The van der Waals surface area contributed by atoms with Gasteiger partial charge in [0.25, 0.3) is 5.56 Å². The first kappa shape index (κ1) is 24.4. The number of para-hydroxylation sites is 1. The molecule has 1 fully saturated rings. The van der Waals surface area contributed by atoms with Crippen molar-refractivity contribution in [3.05, 3.63) is 64.2 Å². The van der Waals surface area contributed by atoms with Crippen molar-refractivity contribution in [1.29, 1.82) is 0 Å². The normalized spacial score (nSPS) is 15.3. The Morgan fingerprint density at radius 2 is 1.94 bits per heavy atom. The van der Waals surface area contributed by atoms with E-state index in [0.717, 1.165) is 25.7 Å². The second-order valence-corrected chi connectivity index (χ2v) is 8.61. The van der Waals surface area contributed by atoms with Gasteiger partial charge in [0, 0.05) is 5.92 Å². The minimum absolute atomic E-state index is 0.178. The molecule has 1 saturated carbocycles. The van der Waals surface area contributed by atoms with E-state index in [2.05, 4.69) is 5.10 Å². The predicted octanol–water partition coefficient (Wildman–Crippen LogP) is 4.67. The van der Waals surface area contributed by atoms with Crippen molar-refractivity contribution in [3.63, 3.8) is 0 Å². The average Bonchev–Trinajstić information content (AvgIpc) is 2.89. The van der Waals surface area contributed by atoms with E-state index in [4.69, 9.17) is 19.2 Å². The molecule has 1 aliphatic carbocycles. The van der Waals surface area contributed by atoms with Crippen LogP contribution in [0, 0.1) is 0 Å². The summed E-state index contributed by atoms with van der Waals surface area (Å²) in [7, 11) is 1.52. The highest BCUT2D eigenvalue weighted by molar-refractivity contribution is 5.82. The Labute approximate surface area is 204 Å². The van der Waals surface area contributed by atoms with E-state index in [1.807, 2.05) is 18.2 Å². The largest absolute Gasteiger partial charge is 0.493 e. The van der Waals surface area contributed by atoms with Crippen LogP contribution >= 0.6 is 0 Å². The van der Waals surface area contributed by atoms with Crippen molar-refractivity contribution < 1.29 is 19.0 Å². The number of hydrogen-bond donors (Lipinski definition) is 0. The molecule has 0 radical (unpaired) electrons. The number of esters is 1. The zero-order chi connectivity index (χ0) is 24.8. The number of fused-ring (bicyclic) bond motifs is 1. The van der Waals surface area contributed by atoms with Crippen LogP contribution in [0.15, 0.2) is 52.4 Å². The van der Waals surface area contributed by atoms with Crippen molar-refractivity contribution in [2.75, 3.05) is 13.7 Å². The second-order valence-electron chi connectivity index (χ2n) is 8.61. The van der Waals surface area contributed by atoms with E-state index in [9.17, 15) is 9.59 Å². The van der Waals surface area contributed by atoms with Gasteiger partial charge in [-0.15, -0.1) is 0 Å². The number of nitrogens with zero attached hydrogens (tertiary/aromatic N) is 3. The molecule has 0 aliphatic heterocycles. The molecule has 0 N–H and O–H groups in total. The zero-order valence-electron chi connectivity index (χ0n) is 20.4. The molecule has 0 saturated heterocycles. The number of rotatable bonds is 8. The molecule has 0 unspecified atom stereocenters. The predicted molar refractivity (Wildman–Crippen MR) is 135 cm³/mol. The van der Waals surface area contributed by atoms with Crippen molar-refractivity contribution in [1.82, 2.24) is 9.66 Å². The first-order valence-corrected chi connectivity index (χ1v) is 12.1. The van der Waals surface area contributed by atoms with Gasteiger partial charge in [-0.2, -0.15) is 9.78 Å². The van der Waals surface area contributed by atoms with Crippen LogP contribution in [-0.4, -0.2) is 41.7 Å². The lowest BCUT2D eigenvalue weighted by Crippen LogP contribution is -2.26. The fourth-order valence-electron chi connectivity index (χ4n) is 4.36. The number of benzene rings is 2. The summed E-state index contributed by atoms with van der Waals surface area (Å²) in [5, 5.41) is 5.11. The number of aromatic nitrogens is 2. The van der Waals surface area contributed by atoms with Gasteiger partial charge in [0.2, 0.25) is 0 Å². The van der Waals surface area contributed by atoms with E-state index in [1.165, 1.54) is 18.2 Å². The maximum atomic E-state index is 13.3. The summed E-state index contributed by atoms with van der Waals surface area (Å²) < 4.78 is 17.6. The fraction of sp³-hybridized carbons (Fsp3) is 0.407. The molecule has 0 amide bonds. The third kappa shape index (κ3) is 5.53. The highest BCUT2D eigenvalue weighted by Gasteiger charge is 2.22. The van der Waals surface area contributed by atoms with Gasteiger partial charge < -0.3 is 14.2 Å². The smallest absolute Gasteiger partial charge is 0.347 e. The van der Waals surface area contributed by atoms with Crippen LogP contribution in [0.4, 0.5) is 0 Å². The topological polar surface area (TPSA) is 92.0 Å². The molecule has 1 aromatic heterocycles. The van der Waals surface area contributed by atoms with Crippen molar-refractivity contribution in [2.45, 2.75) is 58.0 Å². The van der Waals surface area contributed by atoms with E-state index >= 15 is 0 Å². The standard InChI is InChI=1S/C27H31N3O5/c1-4-34-27(32)18(2)35-23-15-14-19(16-24(23)33-3)17-28-30-25(20-10-6-5-7-11-20)29-22-13-9-8-12-21(22)26(30)31/h8-9,12-18,20H,4-7,10-11H2,1-3H3/t18-/m0/s1. The fourth-order valence-corrected chi connectivity index (χ4v) is 4.36. The molecule has 2 aromatic carbocycles. The third-order valence-corrected chi connectivity index (χ3v) is 6.18. The van der Waals surface area contributed by atoms with Gasteiger partial charge in [0.05, 0.1) is 30.8 Å². The van der Waals surface area contributed by atoms with Crippen LogP contribution in [0.2, 0.25) is 0 Å². The van der Waals surface area contributed by atoms with Crippen molar-refractivity contribution >= 4 is 23.1 Å². The lowest BCUT2D eigenvalue weighted by atomic mass is 9.88. The summed E-state index contributed by atoms with van der Waals surface area (Å²) in [5.41, 5.74) is 1.23. The first-order chi connectivity index (χ1) is 17.0. The van der Waals surface area contributed by atoms with Crippen molar-refractivity contribution in [3.8, 4) is 11.5 Å². The summed E-state index contributed by atoms with van der Waals surface area (Å²) in [6.45, 7) is 3.65. The van der Waals surface area contributed by atoms with E-state index in [0.29, 0.717) is 33.8 Å². The van der Waals surface area contributed by atoms with E-state index in [-0.39, 0.29) is 18.1 Å². The van der Waals surface area contributed by atoms with E-state index < -0.39 is 12.1 Å². The van der Waals surface area contributed by atoms with Gasteiger partial charge in [-0.3, -0.25) is 4.79 Å². The zero-order valence-corrected chi connectivity index (χ0v) is 20.4. The highest BCUT2D eigenvalue weighted by Crippen LogP contribution is 2.32. The molecule has 1 heterocycles. The van der Waals surface area contributed by atoms with Crippen LogP contribution in [0.1, 0.15) is 63.3 Å². The van der Waals surface area contributed by atoms with Gasteiger partial charge >= 0.3 is 5.97 Å². The van der Waals surface area contributed by atoms with Crippen LogP contribution in [0.5, 0.6) is 11.5 Å². The minimum atomic E-state index is -0.774. The monoisotopic (exact) mass is 477 g/mol. The molecule has 3 aromatic rings. The Kier molecular flexibility index (Phi) is 7.80. The summed E-state index contributed by atoms with van der Waals surface area (Å²) in [6.07, 6.45) is 6.30. The van der Waals surface area contributed by atoms with Crippen LogP contribution < -0.4 is 15.0 Å². The molecular weight excluding hydrogens is 446 g/mol. The molecule has 8 heteroatoms. The average molecular weight is 478 g/mol. The van der Waals surface area contributed by atoms with Gasteiger partial charge in [-0.1, -0.05) is 31.4 Å². The maximum Gasteiger partial charge on any atom is 0.347 e. The Bertz CT molecular complexity index is 1280. The number of methoxy groups -OCH3 is 1. The van der Waals surface area contributed by atoms with Gasteiger partial charge in [0.15, 0.2) is 17.6 Å². The number of carbonyl (C=O) groups excluding carboxylic acids is 1. The van der Waals surface area contributed by atoms with Crippen LogP contribution in [0.3, 0.4) is 0 Å². The Hall–Kier alpha value is -3.68. The Balaban J connectivity index is 1.66. The number of carbonyl (C=O) groups is 1. The summed E-state index contributed by atoms with van der Waals surface area (Å²) >= 11 is 0. The molecule has 4 rings (SSSR count). The first-order valence-electron chi connectivity index (χ1n) is 12.1. The minimum Gasteiger partial charge on any atom is -0.493 e. The molecular formula is C27H31N3O5. The SMILES string of the molecule is CCOC(=O)[C@H](C)Oc1ccc(C=Nn2c(C3CCCCC3)nc3ccccc3c2=O)cc1OC. The van der Waals surface area contributed by atoms with Crippen LogP contribution in [0.25, 0.3) is 10.9 Å². The quantitative estimate of drug-likeness (QED) is 0.346. The van der Waals surface area contributed by atoms with Crippen molar-refractivity contribution in [2.24, 2.45) is 5.10 Å².